The minimum Gasteiger partial charge on any atom is -0.507 e. The lowest BCUT2D eigenvalue weighted by Gasteiger charge is -2.20. The highest BCUT2D eigenvalue weighted by atomic mass is 16.3. The molecule has 0 aliphatic rings. The second-order valence-corrected chi connectivity index (χ2v) is 15.8. The van der Waals surface area contributed by atoms with Crippen molar-refractivity contribution in [2.45, 2.75) is 53.4 Å². The van der Waals surface area contributed by atoms with Crippen LogP contribution in [0.5, 0.6) is 5.75 Å². The molecule has 0 aliphatic carbocycles. The highest BCUT2D eigenvalue weighted by Crippen LogP contribution is 2.43. The van der Waals surface area contributed by atoms with Gasteiger partial charge in [-0.25, -0.2) is 4.57 Å². The summed E-state index contributed by atoms with van der Waals surface area (Å²) in [5.74, 6) is 2.06. The van der Waals surface area contributed by atoms with Gasteiger partial charge in [0.2, 0.25) is 0 Å². The molecule has 56 heavy (non-hydrogen) atoms. The molecule has 9 rings (SSSR count). The topological polar surface area (TPSA) is 42.2 Å². The van der Waals surface area contributed by atoms with E-state index in [-0.39, 0.29) is 5.75 Å². The number of aromatic nitrogens is 2. The zero-order valence-corrected chi connectivity index (χ0v) is 33.2. The van der Waals surface area contributed by atoms with Gasteiger partial charge in [-0.1, -0.05) is 137 Å². The number of hydrogen-bond acceptors (Lipinski definition) is 2. The van der Waals surface area contributed by atoms with Crippen LogP contribution in [-0.2, 0) is 7.05 Å². The molecule has 2 aromatic heterocycles. The lowest BCUT2D eigenvalue weighted by atomic mass is 9.90. The number of imidazole rings is 1. The smallest absolute Gasteiger partial charge is 0.295 e. The Kier molecular flexibility index (Phi) is 8.65. The quantitative estimate of drug-likeness (QED) is 0.166. The van der Waals surface area contributed by atoms with E-state index in [0.29, 0.717) is 11.8 Å². The first-order valence-electron chi connectivity index (χ1n) is 19.7. The lowest BCUT2D eigenvalue weighted by molar-refractivity contribution is -0.633. The van der Waals surface area contributed by atoms with Crippen LogP contribution in [0.25, 0.3) is 83.4 Å². The first kappa shape index (κ1) is 35.3. The Morgan fingerprint density at radius 1 is 0.589 bits per heavy atom. The Morgan fingerprint density at radius 3 is 1.98 bits per heavy atom. The minimum atomic E-state index is 0.251. The Labute approximate surface area is 328 Å². The first-order valence-corrected chi connectivity index (χ1v) is 19.7. The maximum Gasteiger partial charge on any atom is 0.295 e. The molecule has 1 N–H and O–H groups in total. The third-order valence-corrected chi connectivity index (χ3v) is 11.7. The van der Waals surface area contributed by atoms with Gasteiger partial charge in [0.05, 0.1) is 12.6 Å². The number of fused-ring (bicyclic) bond motifs is 4. The van der Waals surface area contributed by atoms with E-state index in [0.717, 1.165) is 66.7 Å². The predicted molar refractivity (Wildman–Crippen MR) is 233 cm³/mol. The van der Waals surface area contributed by atoms with Gasteiger partial charge in [-0.05, 0) is 89.4 Å². The van der Waals surface area contributed by atoms with Crippen LogP contribution in [0, 0.1) is 13.8 Å². The summed E-state index contributed by atoms with van der Waals surface area (Å²) in [5, 5.41) is 14.0. The van der Waals surface area contributed by atoms with Gasteiger partial charge in [-0.3, -0.25) is 0 Å². The molecule has 0 saturated heterocycles. The number of aryl methyl sites for hydroxylation is 2. The fourth-order valence-corrected chi connectivity index (χ4v) is 8.84. The lowest BCUT2D eigenvalue weighted by Crippen LogP contribution is -2.31. The van der Waals surface area contributed by atoms with Crippen LogP contribution < -0.4 is 4.57 Å². The number of rotatable bonds is 7. The average Bonchev–Trinajstić information content (AvgIpc) is 3.72. The molecule has 0 unspecified atom stereocenters. The van der Waals surface area contributed by atoms with Crippen LogP contribution in [0.15, 0.2) is 144 Å². The van der Waals surface area contributed by atoms with E-state index in [9.17, 15) is 5.11 Å². The van der Waals surface area contributed by atoms with Crippen LogP contribution in [0.4, 0.5) is 0 Å². The van der Waals surface area contributed by atoms with Crippen LogP contribution >= 0.6 is 0 Å². The molecule has 0 bridgehead atoms. The van der Waals surface area contributed by atoms with Gasteiger partial charge in [-0.15, -0.1) is 0 Å². The normalized spacial score (nSPS) is 11.9. The van der Waals surface area contributed by atoms with Crippen LogP contribution in [0.2, 0.25) is 0 Å². The molecule has 0 spiro atoms. The number of benzene rings is 7. The minimum absolute atomic E-state index is 0.251. The van der Waals surface area contributed by atoms with Gasteiger partial charge in [0, 0.05) is 33.0 Å². The molecule has 0 aliphatic heterocycles. The maximum absolute atomic E-state index is 11.8. The van der Waals surface area contributed by atoms with E-state index in [2.05, 4.69) is 179 Å². The van der Waals surface area contributed by atoms with Crippen molar-refractivity contribution >= 4 is 33.0 Å². The second-order valence-electron chi connectivity index (χ2n) is 15.8. The fraction of sp³-hybridized carbons (Fsp3) is 0.173. The van der Waals surface area contributed by atoms with Crippen molar-refractivity contribution in [1.82, 2.24) is 4.57 Å². The average molecular weight is 732 g/mol. The van der Waals surface area contributed by atoms with E-state index >= 15 is 0 Å². The van der Waals surface area contributed by atoms with Gasteiger partial charge < -0.3 is 9.52 Å². The molecule has 0 radical (unpaired) electrons. The summed E-state index contributed by atoms with van der Waals surface area (Å²) in [6.07, 6.45) is 0. The number of hydrogen-bond donors (Lipinski definition) is 1. The zero-order chi connectivity index (χ0) is 38.8. The predicted octanol–water partition coefficient (Wildman–Crippen LogP) is 13.6. The monoisotopic (exact) mass is 731 g/mol. The first-order chi connectivity index (χ1) is 27.1. The summed E-state index contributed by atoms with van der Waals surface area (Å²) in [4.78, 5) is 0. The van der Waals surface area contributed by atoms with Crippen molar-refractivity contribution in [2.24, 2.45) is 7.05 Å². The molecule has 0 saturated carbocycles. The van der Waals surface area contributed by atoms with Crippen molar-refractivity contribution < 1.29 is 14.1 Å². The fourth-order valence-electron chi connectivity index (χ4n) is 8.84. The van der Waals surface area contributed by atoms with E-state index in [1.165, 1.54) is 39.0 Å². The third kappa shape index (κ3) is 5.62. The summed E-state index contributed by atoms with van der Waals surface area (Å²) < 4.78 is 11.3. The summed E-state index contributed by atoms with van der Waals surface area (Å²) >= 11 is 0. The van der Waals surface area contributed by atoms with Gasteiger partial charge in [-0.2, -0.15) is 4.57 Å². The van der Waals surface area contributed by atoms with Crippen molar-refractivity contribution in [1.29, 1.82) is 0 Å². The number of phenolic OH excluding ortho intramolecular Hbond substituents is 1. The number of furan rings is 1. The van der Waals surface area contributed by atoms with E-state index in [1.54, 1.807) is 0 Å². The van der Waals surface area contributed by atoms with E-state index in [4.69, 9.17) is 4.42 Å². The summed E-state index contributed by atoms with van der Waals surface area (Å²) in [5.41, 5.74) is 17.5. The molecule has 4 heteroatoms. The SMILES string of the molecule is Cc1ccc(-c2ccc(-c3ccc4oc5c(-c6ccccc6)cccc5c4c3)cc2O)c(C)c1-c1n(-c2c(C(C)C)cccc2C(C)C)c2ccccc2[n+]1C. The highest BCUT2D eigenvalue weighted by Gasteiger charge is 2.32. The van der Waals surface area contributed by atoms with Crippen molar-refractivity contribution in [2.75, 3.05) is 0 Å². The molecular weight excluding hydrogens is 685 g/mol. The molecule has 7 aromatic carbocycles. The number of para-hydroxylation sites is 4. The Hall–Kier alpha value is -6.39. The number of nitrogens with zero attached hydrogens (tertiary/aromatic N) is 2. The molecule has 4 nitrogen and oxygen atoms in total. The van der Waals surface area contributed by atoms with Crippen molar-refractivity contribution in [3.8, 4) is 56.2 Å². The molecule has 2 heterocycles. The van der Waals surface area contributed by atoms with Gasteiger partial charge >= 0.3 is 0 Å². The third-order valence-electron chi connectivity index (χ3n) is 11.7. The molecule has 0 atom stereocenters. The highest BCUT2D eigenvalue weighted by molar-refractivity contribution is 6.10. The largest absolute Gasteiger partial charge is 0.507 e. The molecular formula is C52H47N2O2+. The van der Waals surface area contributed by atoms with Crippen LogP contribution in [-0.4, -0.2) is 9.67 Å². The molecule has 276 valence electrons. The molecule has 9 aromatic rings. The molecule has 0 amide bonds. The molecule has 0 fully saturated rings. The zero-order valence-electron chi connectivity index (χ0n) is 33.2. The second kappa shape index (κ2) is 13.7. The summed E-state index contributed by atoms with van der Waals surface area (Å²) in [7, 11) is 2.18. The van der Waals surface area contributed by atoms with E-state index in [1.807, 2.05) is 18.2 Å². The van der Waals surface area contributed by atoms with Gasteiger partial charge in [0.15, 0.2) is 11.0 Å². The van der Waals surface area contributed by atoms with Crippen LogP contribution in [0.3, 0.4) is 0 Å². The summed E-state index contributed by atoms with van der Waals surface area (Å²) in [6, 6.07) is 49.0. The number of phenols is 1. The van der Waals surface area contributed by atoms with E-state index < -0.39 is 0 Å². The maximum atomic E-state index is 11.8. The van der Waals surface area contributed by atoms with Gasteiger partial charge in [0.25, 0.3) is 5.82 Å². The Balaban J connectivity index is 1.18. The van der Waals surface area contributed by atoms with Crippen molar-refractivity contribution in [3.63, 3.8) is 0 Å². The van der Waals surface area contributed by atoms with Crippen LogP contribution in [0.1, 0.15) is 61.8 Å². The van der Waals surface area contributed by atoms with Crippen molar-refractivity contribution in [3.05, 3.63) is 162 Å². The van der Waals surface area contributed by atoms with Gasteiger partial charge in [0.1, 0.15) is 22.6 Å². The Morgan fingerprint density at radius 2 is 1.25 bits per heavy atom. The number of aromatic hydroxyl groups is 1. The summed E-state index contributed by atoms with van der Waals surface area (Å²) in [6.45, 7) is 13.5. The Bertz CT molecular complexity index is 2940. The standard InChI is InChI=1S/C52H46N2O2/c1-31(2)38-17-13-18-39(32(3)4)50(38)54-46-22-12-11-21-45(46)53(7)52(54)49-33(5)23-26-40(34(49)6)42-27-24-37(30-47(42)55)36-25-28-48-44(29-36)43-20-14-19-41(51(43)56-48)35-15-9-8-10-16-35/h8-32H,1-7H3/p+1.